The lowest BCUT2D eigenvalue weighted by Crippen LogP contribution is -2.41. The van der Waals surface area contributed by atoms with E-state index in [4.69, 9.17) is 10.5 Å². The van der Waals surface area contributed by atoms with Gasteiger partial charge in [0, 0.05) is 19.3 Å². The number of ether oxygens (including phenoxy) is 1. The van der Waals surface area contributed by atoms with E-state index in [9.17, 15) is 0 Å². The van der Waals surface area contributed by atoms with Crippen molar-refractivity contribution >= 4 is 0 Å². The van der Waals surface area contributed by atoms with Gasteiger partial charge in [-0.2, -0.15) is 0 Å². The first-order valence-electron chi connectivity index (χ1n) is 7.88. The van der Waals surface area contributed by atoms with Gasteiger partial charge in [0.1, 0.15) is 0 Å². The van der Waals surface area contributed by atoms with Crippen LogP contribution in [0.3, 0.4) is 0 Å². The van der Waals surface area contributed by atoms with E-state index in [-0.39, 0.29) is 0 Å². The minimum Gasteiger partial charge on any atom is -0.381 e. The summed E-state index contributed by atoms with van der Waals surface area (Å²) in [7, 11) is 0. The molecule has 0 amide bonds. The van der Waals surface area contributed by atoms with Crippen LogP contribution in [0.15, 0.2) is 0 Å². The van der Waals surface area contributed by atoms with E-state index in [1.165, 1.54) is 32.1 Å². The van der Waals surface area contributed by atoms with Crippen molar-refractivity contribution in [3.05, 3.63) is 0 Å². The van der Waals surface area contributed by atoms with Gasteiger partial charge < -0.3 is 15.8 Å². The fourth-order valence-corrected chi connectivity index (χ4v) is 3.86. The van der Waals surface area contributed by atoms with E-state index in [1.54, 1.807) is 0 Å². The van der Waals surface area contributed by atoms with Gasteiger partial charge in [-0.25, -0.2) is 0 Å². The largest absolute Gasteiger partial charge is 0.381 e. The van der Waals surface area contributed by atoms with Crippen molar-refractivity contribution in [2.45, 2.75) is 44.6 Å². The van der Waals surface area contributed by atoms with Gasteiger partial charge in [0.2, 0.25) is 0 Å². The highest BCUT2D eigenvalue weighted by molar-refractivity contribution is 4.99. The summed E-state index contributed by atoms with van der Waals surface area (Å²) < 4.78 is 5.64. The first kappa shape index (κ1) is 12.9. The lowest BCUT2D eigenvalue weighted by Gasteiger charge is -2.28. The lowest BCUT2D eigenvalue weighted by molar-refractivity contribution is 0.121. The Balaban J connectivity index is 1.22. The molecule has 0 aromatic heterocycles. The van der Waals surface area contributed by atoms with Crippen LogP contribution in [-0.4, -0.2) is 32.3 Å². The number of rotatable bonds is 8. The number of nitrogens with one attached hydrogen (secondary N) is 1. The second-order valence-electron chi connectivity index (χ2n) is 6.65. The molecule has 4 unspecified atom stereocenters. The molecule has 0 spiro atoms. The summed E-state index contributed by atoms with van der Waals surface area (Å²) in [5.74, 6) is 3.40. The van der Waals surface area contributed by atoms with Crippen molar-refractivity contribution in [2.75, 3.05) is 26.3 Å². The predicted octanol–water partition coefficient (Wildman–Crippen LogP) is 1.77. The van der Waals surface area contributed by atoms with Gasteiger partial charge in [0.25, 0.3) is 0 Å². The Bertz CT molecular complexity index is 265. The zero-order valence-electron chi connectivity index (χ0n) is 11.4. The van der Waals surface area contributed by atoms with E-state index in [2.05, 4.69) is 5.32 Å². The molecule has 3 fully saturated rings. The maximum absolute atomic E-state index is 6.30. The molecule has 3 aliphatic carbocycles. The molecule has 104 valence electrons. The van der Waals surface area contributed by atoms with Crippen LogP contribution < -0.4 is 11.1 Å². The third kappa shape index (κ3) is 3.06. The Morgan fingerprint density at radius 1 is 1.11 bits per heavy atom. The van der Waals surface area contributed by atoms with Crippen molar-refractivity contribution in [3.8, 4) is 0 Å². The molecule has 0 aliphatic heterocycles. The monoisotopic (exact) mass is 252 g/mol. The van der Waals surface area contributed by atoms with Crippen molar-refractivity contribution in [3.63, 3.8) is 0 Å². The molecule has 2 bridgehead atoms. The molecular weight excluding hydrogens is 224 g/mol. The van der Waals surface area contributed by atoms with Gasteiger partial charge in [0.05, 0.1) is 0 Å². The average Bonchev–Trinajstić information content (AvgIpc) is 2.99. The Hall–Kier alpha value is -0.120. The number of nitrogens with two attached hydrogens (primary N) is 1. The van der Waals surface area contributed by atoms with Crippen LogP contribution in [0.1, 0.15) is 38.5 Å². The third-order valence-corrected chi connectivity index (χ3v) is 5.23. The van der Waals surface area contributed by atoms with Crippen LogP contribution >= 0.6 is 0 Å². The molecule has 3 heteroatoms. The van der Waals surface area contributed by atoms with Crippen molar-refractivity contribution in [1.29, 1.82) is 0 Å². The number of hydrogen-bond acceptors (Lipinski definition) is 3. The molecule has 0 aromatic rings. The van der Waals surface area contributed by atoms with Crippen molar-refractivity contribution in [2.24, 2.45) is 29.4 Å². The molecule has 0 radical (unpaired) electrons. The van der Waals surface area contributed by atoms with Gasteiger partial charge in [-0.05, 0) is 75.3 Å². The summed E-state index contributed by atoms with van der Waals surface area (Å²) in [5.41, 5.74) is 6.30. The number of hydrogen-bond donors (Lipinski definition) is 2. The van der Waals surface area contributed by atoms with Gasteiger partial charge in [-0.3, -0.25) is 0 Å². The Kier molecular flexibility index (Phi) is 4.22. The highest BCUT2D eigenvalue weighted by Crippen LogP contribution is 2.47. The Morgan fingerprint density at radius 2 is 1.94 bits per heavy atom. The SMILES string of the molecule is NC1C2CCC(C2)C1CNCCCOCC1CC1. The maximum Gasteiger partial charge on any atom is 0.0494 e. The highest BCUT2D eigenvalue weighted by Gasteiger charge is 2.45. The summed E-state index contributed by atoms with van der Waals surface area (Å²) in [5, 5.41) is 3.59. The van der Waals surface area contributed by atoms with Crippen LogP contribution in [0.2, 0.25) is 0 Å². The van der Waals surface area contributed by atoms with Gasteiger partial charge in [-0.1, -0.05) is 0 Å². The third-order valence-electron chi connectivity index (χ3n) is 5.23. The molecular formula is C15H28N2O. The average molecular weight is 252 g/mol. The van der Waals surface area contributed by atoms with E-state index >= 15 is 0 Å². The molecule has 0 saturated heterocycles. The molecule has 3 N–H and O–H groups in total. The molecule has 4 atom stereocenters. The fourth-order valence-electron chi connectivity index (χ4n) is 3.86. The molecule has 0 heterocycles. The minimum absolute atomic E-state index is 0.474. The smallest absolute Gasteiger partial charge is 0.0494 e. The first-order valence-corrected chi connectivity index (χ1v) is 7.88. The molecule has 0 aromatic carbocycles. The highest BCUT2D eigenvalue weighted by atomic mass is 16.5. The van der Waals surface area contributed by atoms with Gasteiger partial charge >= 0.3 is 0 Å². The minimum atomic E-state index is 0.474. The van der Waals surface area contributed by atoms with E-state index in [0.717, 1.165) is 56.4 Å². The summed E-state index contributed by atoms with van der Waals surface area (Å²) in [4.78, 5) is 0. The topological polar surface area (TPSA) is 47.3 Å². The molecule has 3 nitrogen and oxygen atoms in total. The van der Waals surface area contributed by atoms with Crippen LogP contribution in [0.25, 0.3) is 0 Å². The van der Waals surface area contributed by atoms with E-state index < -0.39 is 0 Å². The predicted molar refractivity (Wildman–Crippen MR) is 73.3 cm³/mol. The zero-order valence-corrected chi connectivity index (χ0v) is 11.4. The van der Waals surface area contributed by atoms with Crippen LogP contribution in [0.5, 0.6) is 0 Å². The van der Waals surface area contributed by atoms with Crippen molar-refractivity contribution < 1.29 is 4.74 Å². The van der Waals surface area contributed by atoms with Gasteiger partial charge in [0.15, 0.2) is 0 Å². The summed E-state index contributed by atoms with van der Waals surface area (Å²) in [6, 6.07) is 0.474. The van der Waals surface area contributed by atoms with Crippen LogP contribution in [-0.2, 0) is 4.74 Å². The standard InChI is InChI=1S/C15H28N2O/c16-15-13-5-4-12(8-13)14(15)9-17-6-1-7-18-10-11-2-3-11/h11-15,17H,1-10,16H2. The second-order valence-corrected chi connectivity index (χ2v) is 6.65. The Morgan fingerprint density at radius 3 is 2.67 bits per heavy atom. The first-order chi connectivity index (χ1) is 8.84. The van der Waals surface area contributed by atoms with E-state index in [0.29, 0.717) is 6.04 Å². The van der Waals surface area contributed by atoms with Crippen LogP contribution in [0, 0.1) is 23.7 Å². The lowest BCUT2D eigenvalue weighted by atomic mass is 9.85. The summed E-state index contributed by atoms with van der Waals surface area (Å²) in [6.07, 6.45) is 8.13. The Labute approximate surface area is 111 Å². The summed E-state index contributed by atoms with van der Waals surface area (Å²) >= 11 is 0. The summed E-state index contributed by atoms with van der Waals surface area (Å²) in [6.45, 7) is 4.14. The molecule has 18 heavy (non-hydrogen) atoms. The van der Waals surface area contributed by atoms with E-state index in [1.807, 2.05) is 0 Å². The quantitative estimate of drug-likeness (QED) is 0.647. The molecule has 3 rings (SSSR count). The maximum atomic E-state index is 6.30. The molecule has 3 aliphatic rings. The normalized spacial score (nSPS) is 38.5. The van der Waals surface area contributed by atoms with Gasteiger partial charge in [-0.15, -0.1) is 0 Å². The van der Waals surface area contributed by atoms with Crippen LogP contribution in [0.4, 0.5) is 0 Å². The fraction of sp³-hybridized carbons (Fsp3) is 1.00. The van der Waals surface area contributed by atoms with Crippen molar-refractivity contribution in [1.82, 2.24) is 5.32 Å². The zero-order chi connectivity index (χ0) is 12.4. The molecule has 3 saturated carbocycles. The number of fused-ring (bicyclic) bond motifs is 2. The second kappa shape index (κ2) is 5.89.